The van der Waals surface area contributed by atoms with Crippen molar-refractivity contribution in [3.8, 4) is 0 Å². The molecule has 0 bridgehead atoms. The molecule has 1 amide bonds. The Morgan fingerprint density at radius 3 is 2.25 bits per heavy atom. The van der Waals surface area contributed by atoms with Gasteiger partial charge in [-0.05, 0) is 25.3 Å². The molecule has 0 aliphatic rings. The Morgan fingerprint density at radius 2 is 1.75 bits per heavy atom. The zero-order valence-corrected chi connectivity index (χ0v) is 12.7. The molecule has 0 fully saturated rings. The Balaban J connectivity index is 2.77. The molecule has 1 rings (SSSR count). The molecule has 110 valence electrons. The van der Waals surface area contributed by atoms with E-state index in [9.17, 15) is 9.59 Å². The highest BCUT2D eigenvalue weighted by Gasteiger charge is 2.18. The molecule has 0 aliphatic carbocycles. The van der Waals surface area contributed by atoms with Gasteiger partial charge < -0.3 is 10.6 Å². The number of benzene rings is 1. The summed E-state index contributed by atoms with van der Waals surface area (Å²) < 4.78 is 0. The zero-order chi connectivity index (χ0) is 15.3. The fourth-order valence-corrected chi connectivity index (χ4v) is 1.96. The lowest BCUT2D eigenvalue weighted by molar-refractivity contribution is 0.0784. The number of Topliss-reactive ketones (excluding diaryl/α,β-unsaturated/α-hetero) is 1. The summed E-state index contributed by atoms with van der Waals surface area (Å²) in [6, 6.07) is 6.99. The third-order valence-corrected chi connectivity index (χ3v) is 3.54. The van der Waals surface area contributed by atoms with Crippen LogP contribution in [0, 0.1) is 5.92 Å². The van der Waals surface area contributed by atoms with Crippen LogP contribution in [0.4, 0.5) is 0 Å². The van der Waals surface area contributed by atoms with Gasteiger partial charge >= 0.3 is 0 Å². The van der Waals surface area contributed by atoms with E-state index in [4.69, 9.17) is 5.73 Å². The minimum atomic E-state index is -0.133. The average Bonchev–Trinajstić information content (AvgIpc) is 2.43. The van der Waals surface area contributed by atoms with Gasteiger partial charge in [0.05, 0.1) is 5.56 Å². The largest absolute Gasteiger partial charge is 0.342 e. The lowest BCUT2D eigenvalue weighted by Crippen LogP contribution is -2.35. The first-order chi connectivity index (χ1) is 9.34. The maximum Gasteiger partial charge on any atom is 0.254 e. The second kappa shape index (κ2) is 7.20. The van der Waals surface area contributed by atoms with Gasteiger partial charge in [0, 0.05) is 25.2 Å². The van der Waals surface area contributed by atoms with Gasteiger partial charge in [-0.15, -0.1) is 0 Å². The highest BCUT2D eigenvalue weighted by molar-refractivity contribution is 6.07. The molecule has 0 saturated heterocycles. The molecule has 0 saturated carbocycles. The van der Waals surface area contributed by atoms with E-state index in [1.54, 1.807) is 36.2 Å². The SMILES string of the molecule is CC(=O)c1ccccc1C(=O)N(C)CCC(N)C(C)C. The minimum Gasteiger partial charge on any atom is -0.342 e. The van der Waals surface area contributed by atoms with E-state index in [-0.39, 0.29) is 17.7 Å². The van der Waals surface area contributed by atoms with E-state index in [0.29, 0.717) is 23.6 Å². The average molecular weight is 276 g/mol. The predicted octanol–water partition coefficient (Wildman–Crippen LogP) is 2.33. The monoisotopic (exact) mass is 276 g/mol. The number of hydrogen-bond acceptors (Lipinski definition) is 3. The smallest absolute Gasteiger partial charge is 0.254 e. The Morgan fingerprint density at radius 1 is 1.20 bits per heavy atom. The van der Waals surface area contributed by atoms with Crippen LogP contribution in [-0.2, 0) is 0 Å². The number of nitrogens with two attached hydrogens (primary N) is 1. The first-order valence-corrected chi connectivity index (χ1v) is 6.95. The Kier molecular flexibility index (Phi) is 5.89. The van der Waals surface area contributed by atoms with Gasteiger partial charge in [-0.25, -0.2) is 0 Å². The van der Waals surface area contributed by atoms with Crippen LogP contribution in [0.5, 0.6) is 0 Å². The molecule has 20 heavy (non-hydrogen) atoms. The summed E-state index contributed by atoms with van der Waals surface area (Å²) in [5.41, 5.74) is 6.92. The van der Waals surface area contributed by atoms with E-state index in [2.05, 4.69) is 13.8 Å². The van der Waals surface area contributed by atoms with Crippen LogP contribution in [0.1, 0.15) is 47.9 Å². The molecule has 0 spiro atoms. The van der Waals surface area contributed by atoms with Crippen molar-refractivity contribution in [3.63, 3.8) is 0 Å². The van der Waals surface area contributed by atoms with Gasteiger partial charge in [-0.2, -0.15) is 0 Å². The van der Waals surface area contributed by atoms with Crippen molar-refractivity contribution in [2.45, 2.75) is 33.2 Å². The molecular formula is C16H24N2O2. The van der Waals surface area contributed by atoms with Crippen LogP contribution in [0.15, 0.2) is 24.3 Å². The highest BCUT2D eigenvalue weighted by atomic mass is 16.2. The van der Waals surface area contributed by atoms with E-state index >= 15 is 0 Å². The number of ketones is 1. The van der Waals surface area contributed by atoms with Crippen LogP contribution in [-0.4, -0.2) is 36.2 Å². The van der Waals surface area contributed by atoms with Gasteiger partial charge in [-0.1, -0.05) is 32.0 Å². The third-order valence-electron chi connectivity index (χ3n) is 3.54. The summed E-state index contributed by atoms with van der Waals surface area (Å²) in [4.78, 5) is 25.6. The number of amides is 1. The Hall–Kier alpha value is -1.68. The van der Waals surface area contributed by atoms with Crippen molar-refractivity contribution in [2.75, 3.05) is 13.6 Å². The number of carbonyl (C=O) groups is 2. The second-order valence-electron chi connectivity index (χ2n) is 5.53. The predicted molar refractivity (Wildman–Crippen MR) is 80.8 cm³/mol. The summed E-state index contributed by atoms with van der Waals surface area (Å²) in [5, 5.41) is 0. The van der Waals surface area contributed by atoms with Gasteiger partial charge in [-0.3, -0.25) is 9.59 Å². The number of nitrogens with zero attached hydrogens (tertiary/aromatic N) is 1. The van der Waals surface area contributed by atoms with Crippen molar-refractivity contribution in [2.24, 2.45) is 11.7 Å². The van der Waals surface area contributed by atoms with Crippen LogP contribution >= 0.6 is 0 Å². The summed E-state index contributed by atoms with van der Waals surface area (Å²) in [5.74, 6) is 0.163. The normalized spacial score (nSPS) is 12.3. The molecule has 0 aromatic heterocycles. The molecule has 4 heteroatoms. The zero-order valence-electron chi connectivity index (χ0n) is 12.7. The summed E-state index contributed by atoms with van der Waals surface area (Å²) in [6.45, 7) is 6.19. The van der Waals surface area contributed by atoms with Crippen LogP contribution in [0.3, 0.4) is 0 Å². The van der Waals surface area contributed by atoms with Gasteiger partial charge in [0.1, 0.15) is 0 Å². The standard InChI is InChI=1S/C16H24N2O2/c1-11(2)15(17)9-10-18(4)16(20)14-8-6-5-7-13(14)12(3)19/h5-8,11,15H,9-10,17H2,1-4H3. The Labute approximate surface area is 121 Å². The van der Waals surface area contributed by atoms with Crippen molar-refractivity contribution >= 4 is 11.7 Å². The maximum absolute atomic E-state index is 12.4. The van der Waals surface area contributed by atoms with Crippen molar-refractivity contribution in [1.82, 2.24) is 4.90 Å². The van der Waals surface area contributed by atoms with E-state index in [1.165, 1.54) is 6.92 Å². The quantitative estimate of drug-likeness (QED) is 0.811. The molecule has 0 aliphatic heterocycles. The summed E-state index contributed by atoms with van der Waals surface area (Å²) in [6.07, 6.45) is 0.752. The molecule has 1 unspecified atom stereocenters. The van der Waals surface area contributed by atoms with Crippen LogP contribution < -0.4 is 5.73 Å². The molecular weight excluding hydrogens is 252 g/mol. The van der Waals surface area contributed by atoms with E-state index in [1.807, 2.05) is 0 Å². The minimum absolute atomic E-state index is 0.0771. The van der Waals surface area contributed by atoms with Crippen molar-refractivity contribution in [3.05, 3.63) is 35.4 Å². The lowest BCUT2D eigenvalue weighted by atomic mass is 10.0. The van der Waals surface area contributed by atoms with Crippen LogP contribution in [0.25, 0.3) is 0 Å². The second-order valence-corrected chi connectivity index (χ2v) is 5.53. The van der Waals surface area contributed by atoms with Crippen molar-refractivity contribution in [1.29, 1.82) is 0 Å². The fraction of sp³-hybridized carbons (Fsp3) is 0.500. The molecule has 4 nitrogen and oxygen atoms in total. The Bertz CT molecular complexity index is 483. The molecule has 1 atom stereocenters. The first kappa shape index (κ1) is 16.4. The first-order valence-electron chi connectivity index (χ1n) is 6.95. The molecule has 0 heterocycles. The van der Waals surface area contributed by atoms with Gasteiger partial charge in [0.25, 0.3) is 5.91 Å². The van der Waals surface area contributed by atoms with E-state index < -0.39 is 0 Å². The molecule has 1 aromatic carbocycles. The summed E-state index contributed by atoms with van der Waals surface area (Å²) >= 11 is 0. The van der Waals surface area contributed by atoms with Crippen molar-refractivity contribution < 1.29 is 9.59 Å². The third kappa shape index (κ3) is 4.17. The fourth-order valence-electron chi connectivity index (χ4n) is 1.96. The molecule has 0 radical (unpaired) electrons. The number of carbonyl (C=O) groups excluding carboxylic acids is 2. The maximum atomic E-state index is 12.4. The highest BCUT2D eigenvalue weighted by Crippen LogP contribution is 2.13. The van der Waals surface area contributed by atoms with E-state index in [0.717, 1.165) is 6.42 Å². The lowest BCUT2D eigenvalue weighted by Gasteiger charge is -2.22. The number of rotatable bonds is 6. The molecule has 1 aromatic rings. The molecule has 2 N–H and O–H groups in total. The van der Waals surface area contributed by atoms with Gasteiger partial charge in [0.2, 0.25) is 0 Å². The number of hydrogen-bond donors (Lipinski definition) is 1. The summed E-state index contributed by atoms with van der Waals surface area (Å²) in [7, 11) is 1.74. The van der Waals surface area contributed by atoms with Crippen LogP contribution in [0.2, 0.25) is 0 Å². The van der Waals surface area contributed by atoms with Gasteiger partial charge in [0.15, 0.2) is 5.78 Å². The topological polar surface area (TPSA) is 63.4 Å².